The zero-order chi connectivity index (χ0) is 11.7. The van der Waals surface area contributed by atoms with Gasteiger partial charge in [-0.25, -0.2) is 0 Å². The summed E-state index contributed by atoms with van der Waals surface area (Å²) in [5.41, 5.74) is 0.960. The number of rotatable bonds is 3. The molecule has 1 aliphatic rings. The molecule has 0 saturated carbocycles. The van der Waals surface area contributed by atoms with E-state index in [9.17, 15) is 9.59 Å². The number of hydrogen-bond donors (Lipinski definition) is 1. The smallest absolute Gasteiger partial charge is 0.323 e. The first-order valence-electron chi connectivity index (χ1n) is 5.55. The van der Waals surface area contributed by atoms with E-state index < -0.39 is 5.97 Å². The molecule has 1 N–H and O–H groups in total. The second-order valence-electron chi connectivity index (χ2n) is 4.23. The topological polar surface area (TPSA) is 59.3 Å². The van der Waals surface area contributed by atoms with Crippen LogP contribution in [0.25, 0.3) is 0 Å². The molecule has 0 aliphatic heterocycles. The Labute approximate surface area is 97.5 Å². The Kier molecular flexibility index (Phi) is 3.14. The van der Waals surface area contributed by atoms with Crippen molar-refractivity contribution in [2.24, 2.45) is 5.92 Å². The van der Waals surface area contributed by atoms with E-state index in [2.05, 4.69) is 6.92 Å². The number of thiazole rings is 1. The van der Waals surface area contributed by atoms with Crippen LogP contribution < -0.4 is 4.87 Å². The molecule has 1 unspecified atom stereocenters. The van der Waals surface area contributed by atoms with Gasteiger partial charge in [0.2, 0.25) is 0 Å². The maximum Gasteiger partial charge on any atom is 0.323 e. The Morgan fingerprint density at radius 3 is 3.00 bits per heavy atom. The summed E-state index contributed by atoms with van der Waals surface area (Å²) in [5.74, 6) is -0.288. The molecule has 0 fully saturated rings. The van der Waals surface area contributed by atoms with Crippen LogP contribution in [-0.4, -0.2) is 15.6 Å². The SMILES string of the molecule is CCC1CCc2c(sc(=O)n2CC(=O)O)C1. The minimum absolute atomic E-state index is 0.121. The lowest BCUT2D eigenvalue weighted by atomic mass is 9.89. The van der Waals surface area contributed by atoms with Crippen LogP contribution in [0.2, 0.25) is 0 Å². The van der Waals surface area contributed by atoms with Crippen LogP contribution >= 0.6 is 11.3 Å². The zero-order valence-corrected chi connectivity index (χ0v) is 10.0. The fourth-order valence-electron chi connectivity index (χ4n) is 2.26. The van der Waals surface area contributed by atoms with Gasteiger partial charge in [-0.05, 0) is 25.2 Å². The fraction of sp³-hybridized carbons (Fsp3) is 0.636. The molecule has 2 rings (SSSR count). The van der Waals surface area contributed by atoms with Crippen molar-refractivity contribution in [2.75, 3.05) is 0 Å². The van der Waals surface area contributed by atoms with E-state index in [1.54, 1.807) is 0 Å². The van der Waals surface area contributed by atoms with Crippen molar-refractivity contribution in [1.82, 2.24) is 4.57 Å². The van der Waals surface area contributed by atoms with E-state index in [0.29, 0.717) is 5.92 Å². The van der Waals surface area contributed by atoms with E-state index in [1.165, 1.54) is 15.9 Å². The highest BCUT2D eigenvalue weighted by atomic mass is 32.1. The number of hydrogen-bond acceptors (Lipinski definition) is 3. The van der Waals surface area contributed by atoms with Crippen LogP contribution in [-0.2, 0) is 24.2 Å². The molecule has 5 heteroatoms. The van der Waals surface area contributed by atoms with Crippen molar-refractivity contribution in [3.63, 3.8) is 0 Å². The first kappa shape index (κ1) is 11.4. The molecule has 1 aromatic rings. The van der Waals surface area contributed by atoms with Gasteiger partial charge in [-0.2, -0.15) is 0 Å². The zero-order valence-electron chi connectivity index (χ0n) is 9.23. The second-order valence-corrected chi connectivity index (χ2v) is 5.28. The number of aliphatic carboxylic acids is 1. The molecule has 4 nitrogen and oxygen atoms in total. The van der Waals surface area contributed by atoms with Crippen LogP contribution in [0.1, 0.15) is 30.3 Å². The monoisotopic (exact) mass is 241 g/mol. The Bertz CT molecular complexity index is 460. The van der Waals surface area contributed by atoms with Crippen molar-refractivity contribution in [3.05, 3.63) is 20.2 Å². The van der Waals surface area contributed by atoms with Gasteiger partial charge in [0.05, 0.1) is 0 Å². The van der Waals surface area contributed by atoms with Crippen molar-refractivity contribution in [1.29, 1.82) is 0 Å². The summed E-state index contributed by atoms with van der Waals surface area (Å²) in [4.78, 5) is 23.3. The summed E-state index contributed by atoms with van der Waals surface area (Å²) < 4.78 is 1.42. The Hall–Kier alpha value is -1.10. The average Bonchev–Trinajstić information content (AvgIpc) is 2.54. The molecular weight excluding hydrogens is 226 g/mol. The molecule has 1 aliphatic carbocycles. The van der Waals surface area contributed by atoms with Crippen LogP contribution in [0.5, 0.6) is 0 Å². The maximum absolute atomic E-state index is 11.7. The quantitative estimate of drug-likeness (QED) is 0.872. The van der Waals surface area contributed by atoms with E-state index in [0.717, 1.165) is 36.3 Å². The van der Waals surface area contributed by atoms with Gasteiger partial charge in [0, 0.05) is 10.6 Å². The minimum Gasteiger partial charge on any atom is -0.480 e. The summed E-state index contributed by atoms with van der Waals surface area (Å²) >= 11 is 1.22. The predicted octanol–water partition coefficient (Wildman–Crippen LogP) is 1.51. The van der Waals surface area contributed by atoms with Crippen molar-refractivity contribution < 1.29 is 9.90 Å². The van der Waals surface area contributed by atoms with E-state index in [-0.39, 0.29) is 11.4 Å². The van der Waals surface area contributed by atoms with Gasteiger partial charge in [0.25, 0.3) is 0 Å². The van der Waals surface area contributed by atoms with Gasteiger partial charge in [-0.3, -0.25) is 14.2 Å². The maximum atomic E-state index is 11.7. The van der Waals surface area contributed by atoms with E-state index in [4.69, 9.17) is 5.11 Å². The molecule has 1 aromatic heterocycles. The highest BCUT2D eigenvalue weighted by molar-refractivity contribution is 7.09. The van der Waals surface area contributed by atoms with Gasteiger partial charge >= 0.3 is 10.8 Å². The second kappa shape index (κ2) is 4.41. The average molecular weight is 241 g/mol. The number of carbonyl (C=O) groups is 1. The normalized spacial score (nSPS) is 19.4. The van der Waals surface area contributed by atoms with Crippen LogP contribution in [0.3, 0.4) is 0 Å². The van der Waals surface area contributed by atoms with Gasteiger partial charge in [0.15, 0.2) is 0 Å². The molecular formula is C11H15NO3S. The van der Waals surface area contributed by atoms with E-state index in [1.807, 2.05) is 0 Å². The van der Waals surface area contributed by atoms with Crippen LogP contribution in [0.4, 0.5) is 0 Å². The summed E-state index contributed by atoms with van der Waals surface area (Å²) in [5, 5.41) is 8.75. The molecule has 16 heavy (non-hydrogen) atoms. The third kappa shape index (κ3) is 2.04. The predicted molar refractivity (Wildman–Crippen MR) is 62.0 cm³/mol. The fourth-order valence-corrected chi connectivity index (χ4v) is 3.41. The molecule has 0 saturated heterocycles. The van der Waals surface area contributed by atoms with Gasteiger partial charge in [-0.1, -0.05) is 24.7 Å². The number of carboxylic acids is 1. The minimum atomic E-state index is -0.944. The highest BCUT2D eigenvalue weighted by Crippen LogP contribution is 2.29. The first-order chi connectivity index (χ1) is 7.61. The summed E-state index contributed by atoms with van der Waals surface area (Å²) in [7, 11) is 0. The molecule has 0 aromatic carbocycles. The lowest BCUT2D eigenvalue weighted by molar-refractivity contribution is -0.137. The number of nitrogens with zero attached hydrogens (tertiary/aromatic N) is 1. The molecule has 0 amide bonds. The van der Waals surface area contributed by atoms with Gasteiger partial charge in [0.1, 0.15) is 6.54 Å². The van der Waals surface area contributed by atoms with E-state index >= 15 is 0 Å². The lowest BCUT2D eigenvalue weighted by Gasteiger charge is -2.21. The number of aromatic nitrogens is 1. The molecule has 1 atom stereocenters. The summed E-state index contributed by atoms with van der Waals surface area (Å²) in [6, 6.07) is 0. The molecule has 0 spiro atoms. The van der Waals surface area contributed by atoms with Crippen LogP contribution in [0.15, 0.2) is 4.79 Å². The third-order valence-electron chi connectivity index (χ3n) is 3.21. The number of fused-ring (bicyclic) bond motifs is 1. The van der Waals surface area contributed by atoms with Gasteiger partial charge < -0.3 is 5.11 Å². The van der Waals surface area contributed by atoms with Crippen molar-refractivity contribution in [2.45, 2.75) is 39.2 Å². The summed E-state index contributed by atoms with van der Waals surface area (Å²) in [6.45, 7) is 1.97. The van der Waals surface area contributed by atoms with Crippen molar-refractivity contribution >= 4 is 17.3 Å². The largest absolute Gasteiger partial charge is 0.480 e. The van der Waals surface area contributed by atoms with Crippen LogP contribution in [0, 0.1) is 5.92 Å². The molecule has 88 valence electrons. The molecule has 0 bridgehead atoms. The Morgan fingerprint density at radius 2 is 2.38 bits per heavy atom. The highest BCUT2D eigenvalue weighted by Gasteiger charge is 2.23. The number of carboxylic acid groups (broad SMARTS) is 1. The standard InChI is InChI=1S/C11H15NO3S/c1-2-7-3-4-8-9(5-7)16-11(15)12(8)6-10(13)14/h7H,2-6H2,1H3,(H,13,14). The Morgan fingerprint density at radius 1 is 1.62 bits per heavy atom. The first-order valence-corrected chi connectivity index (χ1v) is 6.36. The third-order valence-corrected chi connectivity index (χ3v) is 4.26. The summed E-state index contributed by atoms with van der Waals surface area (Å²) in [6.07, 6.45) is 3.99. The van der Waals surface area contributed by atoms with Gasteiger partial charge in [-0.15, -0.1) is 0 Å². The Balaban J connectivity index is 2.33. The molecule has 0 radical (unpaired) electrons. The molecule has 1 heterocycles. The van der Waals surface area contributed by atoms with Crippen molar-refractivity contribution in [3.8, 4) is 0 Å². The lowest BCUT2D eigenvalue weighted by Crippen LogP contribution is -2.23.